The summed E-state index contributed by atoms with van der Waals surface area (Å²) in [4.78, 5) is 0. The van der Waals surface area contributed by atoms with Gasteiger partial charge in [0.2, 0.25) is 10.0 Å². The molecule has 0 amide bonds. The first-order valence-electron chi connectivity index (χ1n) is 7.45. The molecule has 1 aromatic carbocycles. The van der Waals surface area contributed by atoms with Gasteiger partial charge in [-0.1, -0.05) is 30.3 Å². The Morgan fingerprint density at radius 3 is 2.57 bits per heavy atom. The van der Waals surface area contributed by atoms with E-state index in [2.05, 4.69) is 10.0 Å². The summed E-state index contributed by atoms with van der Waals surface area (Å²) in [5, 5.41) is 3.23. The monoisotopic (exact) mass is 312 g/mol. The predicted octanol–water partition coefficient (Wildman–Crippen LogP) is 1.12. The van der Waals surface area contributed by atoms with Crippen molar-refractivity contribution >= 4 is 10.0 Å². The van der Waals surface area contributed by atoms with Crippen LogP contribution in [0.15, 0.2) is 30.3 Å². The number of sulfonamides is 1. The van der Waals surface area contributed by atoms with Gasteiger partial charge in [0.15, 0.2) is 0 Å². The Kier molecular flexibility index (Phi) is 6.63. The molecule has 0 atom stereocenters. The third-order valence-electron chi connectivity index (χ3n) is 3.66. The van der Waals surface area contributed by atoms with Crippen molar-refractivity contribution in [3.8, 4) is 0 Å². The number of ether oxygens (including phenoxy) is 1. The predicted molar refractivity (Wildman–Crippen MR) is 83.5 cm³/mol. The molecule has 118 valence electrons. The van der Waals surface area contributed by atoms with Crippen molar-refractivity contribution in [1.29, 1.82) is 0 Å². The summed E-state index contributed by atoms with van der Waals surface area (Å²) in [5.74, 6) is 0.724. The van der Waals surface area contributed by atoms with Crippen LogP contribution in [0.2, 0.25) is 0 Å². The van der Waals surface area contributed by atoms with Crippen molar-refractivity contribution in [3.63, 3.8) is 0 Å². The van der Waals surface area contributed by atoms with Crippen molar-refractivity contribution in [3.05, 3.63) is 35.9 Å². The molecule has 5 nitrogen and oxygen atoms in total. The highest BCUT2D eigenvalue weighted by Crippen LogP contribution is 2.12. The summed E-state index contributed by atoms with van der Waals surface area (Å²) in [7, 11) is -3.22. The molecule has 6 heteroatoms. The van der Waals surface area contributed by atoms with Crippen LogP contribution < -0.4 is 10.0 Å². The van der Waals surface area contributed by atoms with Gasteiger partial charge in [-0.2, -0.15) is 0 Å². The van der Waals surface area contributed by atoms with Crippen molar-refractivity contribution < 1.29 is 13.2 Å². The molecule has 1 aromatic rings. The molecule has 0 saturated carbocycles. The second-order valence-corrected chi connectivity index (χ2v) is 7.31. The van der Waals surface area contributed by atoms with Gasteiger partial charge in [0.25, 0.3) is 0 Å². The largest absolute Gasteiger partial charge is 0.381 e. The summed E-state index contributed by atoms with van der Waals surface area (Å²) >= 11 is 0. The number of hydrogen-bond acceptors (Lipinski definition) is 4. The lowest BCUT2D eigenvalue weighted by Gasteiger charge is -2.22. The van der Waals surface area contributed by atoms with E-state index < -0.39 is 10.0 Å². The van der Waals surface area contributed by atoms with Crippen LogP contribution in [0.4, 0.5) is 0 Å². The van der Waals surface area contributed by atoms with E-state index in [9.17, 15) is 8.42 Å². The molecular weight excluding hydrogens is 288 g/mol. The zero-order valence-corrected chi connectivity index (χ0v) is 13.1. The van der Waals surface area contributed by atoms with E-state index in [1.807, 2.05) is 30.3 Å². The number of benzene rings is 1. The molecule has 1 aliphatic rings. The molecule has 1 heterocycles. The fraction of sp³-hybridized carbons (Fsp3) is 0.600. The van der Waals surface area contributed by atoms with Crippen LogP contribution in [-0.4, -0.2) is 40.5 Å². The van der Waals surface area contributed by atoms with Crippen molar-refractivity contribution in [2.45, 2.75) is 19.4 Å². The first kappa shape index (κ1) is 16.4. The third-order valence-corrected chi connectivity index (χ3v) is 4.99. The minimum Gasteiger partial charge on any atom is -0.381 e. The summed E-state index contributed by atoms with van der Waals surface area (Å²) in [6, 6.07) is 9.54. The van der Waals surface area contributed by atoms with Crippen molar-refractivity contribution in [2.24, 2.45) is 5.92 Å². The molecule has 0 unspecified atom stereocenters. The Labute approximate surface area is 127 Å². The van der Waals surface area contributed by atoms with Gasteiger partial charge in [-0.3, -0.25) is 0 Å². The lowest BCUT2D eigenvalue weighted by Crippen LogP contribution is -2.34. The molecule has 2 rings (SSSR count). The third kappa shape index (κ3) is 6.56. The molecule has 1 aliphatic heterocycles. The molecule has 21 heavy (non-hydrogen) atoms. The van der Waals surface area contributed by atoms with E-state index in [0.29, 0.717) is 19.0 Å². The van der Waals surface area contributed by atoms with Crippen LogP contribution in [0, 0.1) is 5.92 Å². The highest BCUT2D eigenvalue weighted by molar-refractivity contribution is 7.89. The molecule has 0 spiro atoms. The number of nitrogens with one attached hydrogen (secondary N) is 2. The summed E-state index contributed by atoms with van der Waals surface area (Å²) in [6.45, 7) is 3.36. The maximum absolute atomic E-state index is 11.9. The lowest BCUT2D eigenvalue weighted by atomic mass is 10.0. The van der Waals surface area contributed by atoms with E-state index in [1.165, 1.54) is 0 Å². The van der Waals surface area contributed by atoms with E-state index in [4.69, 9.17) is 4.74 Å². The fourth-order valence-electron chi connectivity index (χ4n) is 2.32. The Bertz CT molecular complexity index is 499. The van der Waals surface area contributed by atoms with Gasteiger partial charge < -0.3 is 10.1 Å². The van der Waals surface area contributed by atoms with Gasteiger partial charge in [0.05, 0.1) is 5.75 Å². The molecule has 1 saturated heterocycles. The lowest BCUT2D eigenvalue weighted by molar-refractivity contribution is 0.0665. The summed E-state index contributed by atoms with van der Waals surface area (Å²) < 4.78 is 31.7. The molecular formula is C15H24N2O3S. The second kappa shape index (κ2) is 8.48. The summed E-state index contributed by atoms with van der Waals surface area (Å²) in [5.41, 5.74) is 0.969. The van der Waals surface area contributed by atoms with Crippen LogP contribution >= 0.6 is 0 Å². The average Bonchev–Trinajstić information content (AvgIpc) is 2.52. The van der Waals surface area contributed by atoms with Gasteiger partial charge in [-0.25, -0.2) is 13.1 Å². The van der Waals surface area contributed by atoms with Gasteiger partial charge in [-0.05, 0) is 30.9 Å². The number of hydrogen-bond donors (Lipinski definition) is 2. The molecule has 0 aromatic heterocycles. The van der Waals surface area contributed by atoms with Crippen molar-refractivity contribution in [2.75, 3.05) is 32.1 Å². The minimum atomic E-state index is -3.22. The summed E-state index contributed by atoms with van der Waals surface area (Å²) in [6.07, 6.45) is 2.12. The van der Waals surface area contributed by atoms with Crippen LogP contribution in [0.1, 0.15) is 18.4 Å². The minimum absolute atomic E-state index is 0.114. The zero-order chi connectivity index (χ0) is 15.0. The molecule has 0 radical (unpaired) electrons. The highest BCUT2D eigenvalue weighted by Gasteiger charge is 2.14. The maximum Gasteiger partial charge on any atom is 0.213 e. The van der Waals surface area contributed by atoms with Crippen LogP contribution in [-0.2, 0) is 21.3 Å². The quantitative estimate of drug-likeness (QED) is 0.706. The Morgan fingerprint density at radius 1 is 1.14 bits per heavy atom. The molecule has 0 aliphatic carbocycles. The first-order valence-corrected chi connectivity index (χ1v) is 9.11. The molecule has 0 bridgehead atoms. The topological polar surface area (TPSA) is 67.4 Å². The van der Waals surface area contributed by atoms with Gasteiger partial charge in [0.1, 0.15) is 0 Å². The SMILES string of the molecule is O=S(=O)(CCNCC1CCOCC1)NCc1ccccc1. The average molecular weight is 312 g/mol. The normalized spacial score (nSPS) is 17.0. The molecule has 1 fully saturated rings. The van der Waals surface area contributed by atoms with Crippen LogP contribution in [0.5, 0.6) is 0 Å². The Morgan fingerprint density at radius 2 is 1.86 bits per heavy atom. The fourth-order valence-corrected chi connectivity index (χ4v) is 3.27. The van der Waals surface area contributed by atoms with E-state index >= 15 is 0 Å². The van der Waals surface area contributed by atoms with Crippen LogP contribution in [0.3, 0.4) is 0 Å². The zero-order valence-electron chi connectivity index (χ0n) is 12.3. The smallest absolute Gasteiger partial charge is 0.213 e. The standard InChI is InChI=1S/C15H24N2O3S/c18-21(19,17-13-14-4-2-1-3-5-14)11-8-16-12-15-6-9-20-10-7-15/h1-5,15-17H,6-13H2. The van der Waals surface area contributed by atoms with E-state index in [-0.39, 0.29) is 5.75 Å². The number of rotatable bonds is 8. The van der Waals surface area contributed by atoms with Gasteiger partial charge >= 0.3 is 0 Å². The Hall–Kier alpha value is -0.950. The Balaban J connectivity index is 1.62. The molecule has 2 N–H and O–H groups in total. The van der Waals surface area contributed by atoms with E-state index in [0.717, 1.165) is 38.2 Å². The van der Waals surface area contributed by atoms with Crippen molar-refractivity contribution in [1.82, 2.24) is 10.0 Å². The van der Waals surface area contributed by atoms with E-state index in [1.54, 1.807) is 0 Å². The second-order valence-electron chi connectivity index (χ2n) is 5.39. The van der Waals surface area contributed by atoms with Gasteiger partial charge in [-0.15, -0.1) is 0 Å². The van der Waals surface area contributed by atoms with Gasteiger partial charge in [0, 0.05) is 26.3 Å². The van der Waals surface area contributed by atoms with Crippen LogP contribution in [0.25, 0.3) is 0 Å². The first-order chi connectivity index (χ1) is 10.2. The highest BCUT2D eigenvalue weighted by atomic mass is 32.2. The maximum atomic E-state index is 11.9.